The standard InChI is InChI=1S/C11H23NO/c1-5-6-7-8-12-9-10-13-11(2,3)4/h5-6,12H,7-10H2,1-4H3/b6-5+. The van der Waals surface area contributed by atoms with Gasteiger partial charge in [-0.05, 0) is 40.7 Å². The molecular formula is C11H23NO. The first-order valence-corrected chi connectivity index (χ1v) is 5.02. The molecule has 0 fully saturated rings. The molecule has 0 aromatic rings. The van der Waals surface area contributed by atoms with E-state index in [1.54, 1.807) is 0 Å². The highest BCUT2D eigenvalue weighted by atomic mass is 16.5. The van der Waals surface area contributed by atoms with Crippen molar-refractivity contribution in [3.05, 3.63) is 12.2 Å². The molecule has 0 heterocycles. The van der Waals surface area contributed by atoms with Crippen molar-refractivity contribution in [1.29, 1.82) is 0 Å². The van der Waals surface area contributed by atoms with Crippen molar-refractivity contribution in [3.63, 3.8) is 0 Å². The van der Waals surface area contributed by atoms with Gasteiger partial charge in [0.25, 0.3) is 0 Å². The summed E-state index contributed by atoms with van der Waals surface area (Å²) < 4.78 is 5.56. The summed E-state index contributed by atoms with van der Waals surface area (Å²) in [6.45, 7) is 11.0. The molecule has 0 radical (unpaired) electrons. The number of rotatable bonds is 6. The largest absolute Gasteiger partial charge is 0.375 e. The minimum atomic E-state index is -0.00893. The molecule has 0 amide bonds. The highest BCUT2D eigenvalue weighted by Crippen LogP contribution is 2.04. The topological polar surface area (TPSA) is 21.3 Å². The van der Waals surface area contributed by atoms with Crippen LogP contribution in [0.4, 0.5) is 0 Å². The van der Waals surface area contributed by atoms with E-state index in [0.29, 0.717) is 0 Å². The minimum Gasteiger partial charge on any atom is -0.375 e. The Morgan fingerprint density at radius 2 is 1.92 bits per heavy atom. The molecule has 78 valence electrons. The second-order valence-corrected chi connectivity index (χ2v) is 4.07. The molecule has 1 N–H and O–H groups in total. The summed E-state index contributed by atoms with van der Waals surface area (Å²) in [4.78, 5) is 0. The summed E-state index contributed by atoms with van der Waals surface area (Å²) in [5.41, 5.74) is -0.00893. The van der Waals surface area contributed by atoms with Gasteiger partial charge in [-0.3, -0.25) is 0 Å². The Labute approximate surface area is 82.4 Å². The molecule has 0 unspecified atom stereocenters. The van der Waals surface area contributed by atoms with Crippen LogP contribution in [0.3, 0.4) is 0 Å². The number of hydrogen-bond donors (Lipinski definition) is 1. The summed E-state index contributed by atoms with van der Waals surface area (Å²) in [7, 11) is 0. The average molecular weight is 185 g/mol. The van der Waals surface area contributed by atoms with Crippen LogP contribution in [0.2, 0.25) is 0 Å². The third-order valence-corrected chi connectivity index (χ3v) is 1.54. The van der Waals surface area contributed by atoms with Gasteiger partial charge in [-0.15, -0.1) is 0 Å². The molecule has 0 bridgehead atoms. The Kier molecular flexibility index (Phi) is 6.92. The van der Waals surface area contributed by atoms with E-state index in [1.807, 2.05) is 6.92 Å². The van der Waals surface area contributed by atoms with Crippen LogP contribution in [0.15, 0.2) is 12.2 Å². The zero-order valence-electron chi connectivity index (χ0n) is 9.39. The second-order valence-electron chi connectivity index (χ2n) is 4.07. The molecule has 0 aliphatic heterocycles. The second kappa shape index (κ2) is 7.10. The lowest BCUT2D eigenvalue weighted by atomic mass is 10.2. The SMILES string of the molecule is C/C=C/CCNCCOC(C)(C)C. The van der Waals surface area contributed by atoms with Gasteiger partial charge in [0.15, 0.2) is 0 Å². The highest BCUT2D eigenvalue weighted by molar-refractivity contribution is 4.77. The Hall–Kier alpha value is -0.340. The zero-order valence-corrected chi connectivity index (χ0v) is 9.39. The maximum Gasteiger partial charge on any atom is 0.0599 e. The first kappa shape index (κ1) is 12.7. The van der Waals surface area contributed by atoms with Gasteiger partial charge in [-0.2, -0.15) is 0 Å². The third-order valence-electron chi connectivity index (χ3n) is 1.54. The monoisotopic (exact) mass is 185 g/mol. The molecule has 0 aliphatic rings. The smallest absolute Gasteiger partial charge is 0.0599 e. The van der Waals surface area contributed by atoms with Crippen LogP contribution in [0.1, 0.15) is 34.1 Å². The average Bonchev–Trinajstić information content (AvgIpc) is 2.01. The number of hydrogen-bond acceptors (Lipinski definition) is 2. The molecule has 0 rings (SSSR count). The van der Waals surface area contributed by atoms with Crippen LogP contribution in [0, 0.1) is 0 Å². The van der Waals surface area contributed by atoms with Gasteiger partial charge in [0.1, 0.15) is 0 Å². The first-order valence-electron chi connectivity index (χ1n) is 5.02. The molecule has 0 aromatic carbocycles. The normalized spacial score (nSPS) is 12.6. The van der Waals surface area contributed by atoms with Crippen LogP contribution in [0.25, 0.3) is 0 Å². The Bertz CT molecular complexity index is 136. The van der Waals surface area contributed by atoms with E-state index >= 15 is 0 Å². The molecule has 0 aliphatic carbocycles. The maximum atomic E-state index is 5.56. The predicted octanol–water partition coefficient (Wildman–Crippen LogP) is 2.36. The number of allylic oxidation sites excluding steroid dienone is 1. The first-order chi connectivity index (χ1) is 6.06. The highest BCUT2D eigenvalue weighted by Gasteiger charge is 2.08. The van der Waals surface area contributed by atoms with E-state index in [0.717, 1.165) is 26.1 Å². The summed E-state index contributed by atoms with van der Waals surface area (Å²) >= 11 is 0. The van der Waals surface area contributed by atoms with Crippen molar-refractivity contribution in [3.8, 4) is 0 Å². The fourth-order valence-corrected chi connectivity index (χ4v) is 0.906. The van der Waals surface area contributed by atoms with Crippen molar-refractivity contribution in [2.45, 2.75) is 39.7 Å². The maximum absolute atomic E-state index is 5.56. The lowest BCUT2D eigenvalue weighted by Gasteiger charge is -2.19. The predicted molar refractivity (Wildman–Crippen MR) is 58.0 cm³/mol. The van der Waals surface area contributed by atoms with Gasteiger partial charge >= 0.3 is 0 Å². The van der Waals surface area contributed by atoms with Gasteiger partial charge < -0.3 is 10.1 Å². The zero-order chi connectivity index (χ0) is 10.2. The number of ether oxygens (including phenoxy) is 1. The molecule has 0 saturated carbocycles. The Morgan fingerprint density at radius 1 is 1.23 bits per heavy atom. The van der Waals surface area contributed by atoms with E-state index in [-0.39, 0.29) is 5.60 Å². The van der Waals surface area contributed by atoms with Gasteiger partial charge in [-0.25, -0.2) is 0 Å². The molecule has 0 spiro atoms. The lowest BCUT2D eigenvalue weighted by molar-refractivity contribution is -0.000696. The minimum absolute atomic E-state index is 0.00893. The van der Waals surface area contributed by atoms with Gasteiger partial charge in [-0.1, -0.05) is 12.2 Å². The van der Waals surface area contributed by atoms with Crippen LogP contribution in [-0.4, -0.2) is 25.3 Å². The third kappa shape index (κ3) is 11.7. The lowest BCUT2D eigenvalue weighted by Crippen LogP contribution is -2.27. The van der Waals surface area contributed by atoms with Gasteiger partial charge in [0, 0.05) is 6.54 Å². The number of nitrogens with one attached hydrogen (secondary N) is 1. The van der Waals surface area contributed by atoms with Crippen LogP contribution in [0.5, 0.6) is 0 Å². The van der Waals surface area contributed by atoms with E-state index in [2.05, 4.69) is 38.2 Å². The molecular weight excluding hydrogens is 162 g/mol. The van der Waals surface area contributed by atoms with Crippen LogP contribution in [-0.2, 0) is 4.74 Å². The van der Waals surface area contributed by atoms with E-state index < -0.39 is 0 Å². The summed E-state index contributed by atoms with van der Waals surface area (Å²) in [6.07, 6.45) is 5.34. The summed E-state index contributed by atoms with van der Waals surface area (Å²) in [5, 5.41) is 3.32. The van der Waals surface area contributed by atoms with Crippen LogP contribution < -0.4 is 5.32 Å². The summed E-state index contributed by atoms with van der Waals surface area (Å²) in [5.74, 6) is 0. The Morgan fingerprint density at radius 3 is 2.46 bits per heavy atom. The van der Waals surface area contributed by atoms with Crippen molar-refractivity contribution in [1.82, 2.24) is 5.32 Å². The van der Waals surface area contributed by atoms with Gasteiger partial charge in [0.05, 0.1) is 12.2 Å². The van der Waals surface area contributed by atoms with Crippen molar-refractivity contribution in [2.75, 3.05) is 19.7 Å². The molecule has 0 saturated heterocycles. The molecule has 0 aromatic heterocycles. The van der Waals surface area contributed by atoms with E-state index in [1.165, 1.54) is 0 Å². The Balaban J connectivity index is 3.09. The summed E-state index contributed by atoms with van der Waals surface area (Å²) in [6, 6.07) is 0. The van der Waals surface area contributed by atoms with Gasteiger partial charge in [0.2, 0.25) is 0 Å². The fraction of sp³-hybridized carbons (Fsp3) is 0.818. The van der Waals surface area contributed by atoms with E-state index in [4.69, 9.17) is 4.74 Å². The molecule has 2 nitrogen and oxygen atoms in total. The molecule has 2 heteroatoms. The van der Waals surface area contributed by atoms with Crippen LogP contribution >= 0.6 is 0 Å². The quantitative estimate of drug-likeness (QED) is 0.506. The van der Waals surface area contributed by atoms with Crippen molar-refractivity contribution in [2.24, 2.45) is 0 Å². The van der Waals surface area contributed by atoms with Crippen molar-refractivity contribution >= 4 is 0 Å². The van der Waals surface area contributed by atoms with Crippen molar-refractivity contribution < 1.29 is 4.74 Å². The van der Waals surface area contributed by atoms with E-state index in [9.17, 15) is 0 Å². The molecule has 0 atom stereocenters. The fourth-order valence-electron chi connectivity index (χ4n) is 0.906. The molecule has 13 heavy (non-hydrogen) atoms.